The van der Waals surface area contributed by atoms with Crippen molar-refractivity contribution in [2.75, 3.05) is 5.32 Å². The van der Waals surface area contributed by atoms with Crippen molar-refractivity contribution in [3.05, 3.63) is 53.1 Å². The molecule has 0 heterocycles. The fourth-order valence-electron chi connectivity index (χ4n) is 1.57. The van der Waals surface area contributed by atoms with Crippen LogP contribution in [0.3, 0.4) is 0 Å². The first-order valence-corrected chi connectivity index (χ1v) is 6.64. The van der Waals surface area contributed by atoms with E-state index in [0.717, 1.165) is 11.3 Å². The standard InChI is InChI=1S/C14H13ClN2O2S/c15-10-2-4-11(5-3-10)17-14(20)16-8-9-1-6-12(18)13(19)7-9/h1-7,18-19H,8H2,(H2,16,17,20). The van der Waals surface area contributed by atoms with Gasteiger partial charge >= 0.3 is 0 Å². The molecule has 6 heteroatoms. The molecule has 0 aliphatic heterocycles. The van der Waals surface area contributed by atoms with Gasteiger partial charge in [0, 0.05) is 17.3 Å². The van der Waals surface area contributed by atoms with Gasteiger partial charge in [-0.1, -0.05) is 17.7 Å². The molecule has 0 amide bonds. The largest absolute Gasteiger partial charge is 0.504 e. The second-order valence-electron chi connectivity index (χ2n) is 4.14. The molecule has 2 aromatic rings. The molecule has 4 nitrogen and oxygen atoms in total. The van der Waals surface area contributed by atoms with Crippen molar-refractivity contribution in [1.29, 1.82) is 0 Å². The number of phenolic OH excluding ortho intramolecular Hbond substituents is 2. The van der Waals surface area contributed by atoms with Crippen molar-refractivity contribution in [2.45, 2.75) is 6.54 Å². The number of aromatic hydroxyl groups is 2. The molecule has 20 heavy (non-hydrogen) atoms. The minimum atomic E-state index is -0.152. The Morgan fingerprint density at radius 2 is 1.75 bits per heavy atom. The molecule has 0 atom stereocenters. The van der Waals surface area contributed by atoms with E-state index in [1.807, 2.05) is 12.1 Å². The van der Waals surface area contributed by atoms with Gasteiger partial charge in [-0.2, -0.15) is 0 Å². The van der Waals surface area contributed by atoms with Gasteiger partial charge in [0.1, 0.15) is 0 Å². The number of thiocarbonyl (C=S) groups is 1. The molecule has 2 aromatic carbocycles. The first kappa shape index (κ1) is 14.4. The maximum absolute atomic E-state index is 9.39. The van der Waals surface area contributed by atoms with Gasteiger partial charge < -0.3 is 20.8 Å². The van der Waals surface area contributed by atoms with Crippen molar-refractivity contribution in [3.63, 3.8) is 0 Å². The summed E-state index contributed by atoms with van der Waals surface area (Å²) in [5.74, 6) is -0.295. The molecule has 0 bridgehead atoms. The summed E-state index contributed by atoms with van der Waals surface area (Å²) in [5, 5.41) is 25.7. The minimum Gasteiger partial charge on any atom is -0.504 e. The maximum atomic E-state index is 9.39. The average molecular weight is 309 g/mol. The normalized spacial score (nSPS) is 10.1. The molecule has 0 unspecified atom stereocenters. The van der Waals surface area contributed by atoms with Crippen molar-refractivity contribution in [1.82, 2.24) is 5.32 Å². The van der Waals surface area contributed by atoms with Gasteiger partial charge in [0.15, 0.2) is 16.6 Å². The first-order valence-electron chi connectivity index (χ1n) is 5.86. The number of nitrogens with one attached hydrogen (secondary N) is 2. The summed E-state index contributed by atoms with van der Waals surface area (Å²) in [4.78, 5) is 0. The predicted molar refractivity (Wildman–Crippen MR) is 84.3 cm³/mol. The van der Waals surface area contributed by atoms with E-state index in [9.17, 15) is 10.2 Å². The van der Waals surface area contributed by atoms with Crippen LogP contribution in [-0.4, -0.2) is 15.3 Å². The zero-order valence-electron chi connectivity index (χ0n) is 10.4. The van der Waals surface area contributed by atoms with Crippen LogP contribution in [0.25, 0.3) is 0 Å². The van der Waals surface area contributed by atoms with E-state index in [-0.39, 0.29) is 11.5 Å². The van der Waals surface area contributed by atoms with E-state index in [4.69, 9.17) is 23.8 Å². The lowest BCUT2D eigenvalue weighted by Gasteiger charge is -2.11. The second-order valence-corrected chi connectivity index (χ2v) is 4.98. The fourth-order valence-corrected chi connectivity index (χ4v) is 1.89. The molecular formula is C14H13ClN2O2S. The average Bonchev–Trinajstić information content (AvgIpc) is 2.43. The monoisotopic (exact) mass is 308 g/mol. The summed E-state index contributed by atoms with van der Waals surface area (Å²) < 4.78 is 0. The van der Waals surface area contributed by atoms with Gasteiger partial charge in [-0.25, -0.2) is 0 Å². The van der Waals surface area contributed by atoms with Gasteiger partial charge in [0.2, 0.25) is 0 Å². The highest BCUT2D eigenvalue weighted by molar-refractivity contribution is 7.80. The Hall–Kier alpha value is -1.98. The van der Waals surface area contributed by atoms with Crippen LogP contribution in [0.4, 0.5) is 5.69 Å². The summed E-state index contributed by atoms with van der Waals surface area (Å²) in [6.45, 7) is 0.438. The molecule has 0 saturated carbocycles. The lowest BCUT2D eigenvalue weighted by atomic mass is 10.2. The molecule has 2 rings (SSSR count). The second kappa shape index (κ2) is 6.45. The quantitative estimate of drug-likeness (QED) is 0.518. The van der Waals surface area contributed by atoms with Crippen LogP contribution < -0.4 is 10.6 Å². The Kier molecular flexibility index (Phi) is 4.65. The van der Waals surface area contributed by atoms with Crippen LogP contribution in [0.15, 0.2) is 42.5 Å². The van der Waals surface area contributed by atoms with E-state index in [1.54, 1.807) is 18.2 Å². The van der Waals surface area contributed by atoms with Crippen LogP contribution in [0.1, 0.15) is 5.56 Å². The number of hydrogen-bond donors (Lipinski definition) is 4. The highest BCUT2D eigenvalue weighted by atomic mass is 35.5. The van der Waals surface area contributed by atoms with Crippen molar-refractivity contribution in [2.24, 2.45) is 0 Å². The topological polar surface area (TPSA) is 64.5 Å². The Morgan fingerprint density at radius 1 is 1.05 bits per heavy atom. The molecule has 0 fully saturated rings. The zero-order chi connectivity index (χ0) is 14.5. The SMILES string of the molecule is Oc1ccc(CNC(=S)Nc2ccc(Cl)cc2)cc1O. The van der Waals surface area contributed by atoms with Gasteiger partial charge in [-0.05, 0) is 54.2 Å². The van der Waals surface area contributed by atoms with E-state index in [2.05, 4.69) is 10.6 Å². The first-order chi connectivity index (χ1) is 9.54. The summed E-state index contributed by atoms with van der Waals surface area (Å²) in [5.41, 5.74) is 1.64. The minimum absolute atomic E-state index is 0.143. The van der Waals surface area contributed by atoms with Crippen LogP contribution in [0.2, 0.25) is 5.02 Å². The summed E-state index contributed by atoms with van der Waals surface area (Å²) in [6.07, 6.45) is 0. The van der Waals surface area contributed by atoms with E-state index in [0.29, 0.717) is 16.7 Å². The van der Waals surface area contributed by atoms with Crippen molar-refractivity contribution in [3.8, 4) is 11.5 Å². The Morgan fingerprint density at radius 3 is 2.40 bits per heavy atom. The van der Waals surface area contributed by atoms with Crippen molar-refractivity contribution >= 4 is 34.6 Å². The summed E-state index contributed by atoms with van der Waals surface area (Å²) in [7, 11) is 0. The van der Waals surface area contributed by atoms with Crippen LogP contribution in [0, 0.1) is 0 Å². The van der Waals surface area contributed by atoms with Gasteiger partial charge in [-0.3, -0.25) is 0 Å². The molecular weight excluding hydrogens is 296 g/mol. The third-order valence-electron chi connectivity index (χ3n) is 2.59. The number of hydrogen-bond acceptors (Lipinski definition) is 3. The molecule has 0 aromatic heterocycles. The van der Waals surface area contributed by atoms with Crippen molar-refractivity contribution < 1.29 is 10.2 Å². The smallest absolute Gasteiger partial charge is 0.171 e. The van der Waals surface area contributed by atoms with Gasteiger partial charge in [0.25, 0.3) is 0 Å². The highest BCUT2D eigenvalue weighted by Crippen LogP contribution is 2.24. The van der Waals surface area contributed by atoms with Crippen LogP contribution in [0.5, 0.6) is 11.5 Å². The Labute approximate surface area is 127 Å². The molecule has 104 valence electrons. The van der Waals surface area contributed by atoms with E-state index >= 15 is 0 Å². The number of benzene rings is 2. The molecule has 4 N–H and O–H groups in total. The fraction of sp³-hybridized carbons (Fsp3) is 0.0714. The number of anilines is 1. The molecule has 0 aliphatic rings. The molecule has 0 aliphatic carbocycles. The molecule has 0 radical (unpaired) electrons. The lowest BCUT2D eigenvalue weighted by Crippen LogP contribution is -2.27. The maximum Gasteiger partial charge on any atom is 0.171 e. The van der Waals surface area contributed by atoms with Crippen LogP contribution >= 0.6 is 23.8 Å². The third kappa shape index (κ3) is 4.01. The van der Waals surface area contributed by atoms with Gasteiger partial charge in [0.05, 0.1) is 0 Å². The van der Waals surface area contributed by atoms with E-state index < -0.39 is 0 Å². The van der Waals surface area contributed by atoms with Crippen LogP contribution in [-0.2, 0) is 6.54 Å². The predicted octanol–water partition coefficient (Wildman–Crippen LogP) is 3.24. The number of phenols is 2. The van der Waals surface area contributed by atoms with E-state index in [1.165, 1.54) is 12.1 Å². The van der Waals surface area contributed by atoms with Gasteiger partial charge in [-0.15, -0.1) is 0 Å². The Bertz CT molecular complexity index is 617. The number of rotatable bonds is 3. The summed E-state index contributed by atoms with van der Waals surface area (Å²) >= 11 is 11.0. The molecule has 0 spiro atoms. The number of halogens is 1. The third-order valence-corrected chi connectivity index (χ3v) is 3.09. The zero-order valence-corrected chi connectivity index (χ0v) is 12.0. The lowest BCUT2D eigenvalue weighted by molar-refractivity contribution is 0.403. The highest BCUT2D eigenvalue weighted by Gasteiger charge is 2.02. The Balaban J connectivity index is 1.88. The molecule has 0 saturated heterocycles. The summed E-state index contributed by atoms with van der Waals surface area (Å²) in [6, 6.07) is 11.8.